The van der Waals surface area contributed by atoms with E-state index in [0.717, 1.165) is 51.3 Å². The summed E-state index contributed by atoms with van der Waals surface area (Å²) in [6, 6.07) is 6.84. The van der Waals surface area contributed by atoms with Gasteiger partial charge < -0.3 is 4.74 Å². The molecule has 1 saturated heterocycles. The van der Waals surface area contributed by atoms with Gasteiger partial charge in [-0.15, -0.1) is 0 Å². The van der Waals surface area contributed by atoms with E-state index in [9.17, 15) is 10.1 Å². The molecule has 1 heterocycles. The van der Waals surface area contributed by atoms with Gasteiger partial charge in [-0.25, -0.2) is 0 Å². The maximum Gasteiger partial charge on any atom is 0.269 e. The Morgan fingerprint density at radius 2 is 1.89 bits per heavy atom. The summed E-state index contributed by atoms with van der Waals surface area (Å²) in [5.41, 5.74) is 1.32. The first kappa shape index (κ1) is 13.0. The fourth-order valence-corrected chi connectivity index (χ4v) is 2.12. The Morgan fingerprint density at radius 1 is 1.22 bits per heavy atom. The molecule has 2 rings (SSSR count). The van der Waals surface area contributed by atoms with Gasteiger partial charge in [0.25, 0.3) is 5.69 Å². The van der Waals surface area contributed by atoms with Crippen LogP contribution in [0.4, 0.5) is 5.69 Å². The number of ether oxygens (including phenoxy) is 1. The fraction of sp³-hybridized carbons (Fsp3) is 0.538. The van der Waals surface area contributed by atoms with E-state index < -0.39 is 0 Å². The quantitative estimate of drug-likeness (QED) is 0.591. The lowest BCUT2D eigenvalue weighted by atomic mass is 10.1. The molecule has 0 saturated carbocycles. The van der Waals surface area contributed by atoms with Gasteiger partial charge in [0, 0.05) is 25.2 Å². The van der Waals surface area contributed by atoms with Crippen molar-refractivity contribution in [1.29, 1.82) is 0 Å². The molecule has 0 spiro atoms. The summed E-state index contributed by atoms with van der Waals surface area (Å²) < 4.78 is 5.29. The summed E-state index contributed by atoms with van der Waals surface area (Å²) in [4.78, 5) is 12.6. The standard InChI is InChI=1S/C13H18N2O3/c16-15(17)13-5-3-12(4-6-13)2-1-7-14-8-10-18-11-9-14/h3-6H,1-2,7-11H2. The zero-order valence-corrected chi connectivity index (χ0v) is 10.4. The number of aryl methyl sites for hydroxylation is 1. The second kappa shape index (κ2) is 6.47. The topological polar surface area (TPSA) is 55.6 Å². The van der Waals surface area contributed by atoms with Crippen LogP contribution in [0, 0.1) is 10.1 Å². The van der Waals surface area contributed by atoms with Crippen molar-refractivity contribution >= 4 is 5.69 Å². The van der Waals surface area contributed by atoms with Crippen LogP contribution in [0.3, 0.4) is 0 Å². The summed E-state index contributed by atoms with van der Waals surface area (Å²) >= 11 is 0. The third-order valence-corrected chi connectivity index (χ3v) is 3.19. The fourth-order valence-electron chi connectivity index (χ4n) is 2.12. The van der Waals surface area contributed by atoms with Gasteiger partial charge in [-0.3, -0.25) is 15.0 Å². The molecule has 0 unspecified atom stereocenters. The van der Waals surface area contributed by atoms with E-state index >= 15 is 0 Å². The van der Waals surface area contributed by atoms with Gasteiger partial charge in [0.05, 0.1) is 18.1 Å². The molecular formula is C13H18N2O3. The Morgan fingerprint density at radius 3 is 2.50 bits per heavy atom. The van der Waals surface area contributed by atoms with Crippen LogP contribution in [0.15, 0.2) is 24.3 Å². The first-order chi connectivity index (χ1) is 8.75. The van der Waals surface area contributed by atoms with Crippen LogP contribution >= 0.6 is 0 Å². The zero-order valence-electron chi connectivity index (χ0n) is 10.4. The summed E-state index contributed by atoms with van der Waals surface area (Å²) in [5.74, 6) is 0. The molecule has 1 fully saturated rings. The Balaban J connectivity index is 1.74. The van der Waals surface area contributed by atoms with Crippen LogP contribution in [0.1, 0.15) is 12.0 Å². The van der Waals surface area contributed by atoms with E-state index in [4.69, 9.17) is 4.74 Å². The van der Waals surface area contributed by atoms with Gasteiger partial charge in [0.15, 0.2) is 0 Å². The maximum atomic E-state index is 10.5. The number of benzene rings is 1. The highest BCUT2D eigenvalue weighted by molar-refractivity contribution is 5.32. The Kier molecular flexibility index (Phi) is 4.66. The van der Waals surface area contributed by atoms with Crippen molar-refractivity contribution in [3.63, 3.8) is 0 Å². The van der Waals surface area contributed by atoms with Gasteiger partial charge >= 0.3 is 0 Å². The lowest BCUT2D eigenvalue weighted by molar-refractivity contribution is -0.384. The van der Waals surface area contributed by atoms with E-state index in [1.165, 1.54) is 0 Å². The second-order valence-corrected chi connectivity index (χ2v) is 4.48. The highest BCUT2D eigenvalue weighted by Gasteiger charge is 2.09. The first-order valence-electron chi connectivity index (χ1n) is 6.29. The monoisotopic (exact) mass is 250 g/mol. The molecule has 5 heteroatoms. The van der Waals surface area contributed by atoms with Crippen molar-refractivity contribution in [2.75, 3.05) is 32.8 Å². The lowest BCUT2D eigenvalue weighted by Crippen LogP contribution is -2.36. The number of nitrogens with zero attached hydrogens (tertiary/aromatic N) is 2. The van der Waals surface area contributed by atoms with Crippen LogP contribution in [0.5, 0.6) is 0 Å². The normalized spacial score (nSPS) is 16.7. The summed E-state index contributed by atoms with van der Waals surface area (Å²) in [6.07, 6.45) is 2.05. The van der Waals surface area contributed by atoms with Gasteiger partial charge in [0.1, 0.15) is 0 Å². The van der Waals surface area contributed by atoms with Crippen LogP contribution in [0.25, 0.3) is 0 Å². The third-order valence-electron chi connectivity index (χ3n) is 3.19. The largest absolute Gasteiger partial charge is 0.379 e. The van der Waals surface area contributed by atoms with Crippen molar-refractivity contribution in [3.8, 4) is 0 Å². The average molecular weight is 250 g/mol. The smallest absolute Gasteiger partial charge is 0.269 e. The molecule has 0 bridgehead atoms. The molecule has 0 radical (unpaired) electrons. The van der Waals surface area contributed by atoms with Crippen molar-refractivity contribution in [1.82, 2.24) is 4.90 Å². The van der Waals surface area contributed by atoms with Crippen LogP contribution in [-0.2, 0) is 11.2 Å². The molecule has 1 aliphatic rings. The number of hydrogen-bond donors (Lipinski definition) is 0. The number of rotatable bonds is 5. The molecule has 1 aromatic rings. The van der Waals surface area contributed by atoms with Gasteiger partial charge in [-0.05, 0) is 24.9 Å². The molecule has 0 amide bonds. The number of non-ortho nitro benzene ring substituents is 1. The predicted molar refractivity (Wildman–Crippen MR) is 68.7 cm³/mol. The Hall–Kier alpha value is -1.46. The zero-order chi connectivity index (χ0) is 12.8. The molecule has 98 valence electrons. The summed E-state index contributed by atoms with van der Waals surface area (Å²) in [5, 5.41) is 10.5. The number of morpholine rings is 1. The second-order valence-electron chi connectivity index (χ2n) is 4.48. The van der Waals surface area contributed by atoms with E-state index in [1.54, 1.807) is 12.1 Å². The molecule has 0 aromatic heterocycles. The SMILES string of the molecule is O=[N+]([O-])c1ccc(CCCN2CCOCC2)cc1. The molecule has 18 heavy (non-hydrogen) atoms. The van der Waals surface area contributed by atoms with E-state index in [2.05, 4.69) is 4.90 Å². The first-order valence-corrected chi connectivity index (χ1v) is 6.29. The van der Waals surface area contributed by atoms with Gasteiger partial charge in [-0.1, -0.05) is 12.1 Å². The number of hydrogen-bond acceptors (Lipinski definition) is 4. The third kappa shape index (κ3) is 3.78. The summed E-state index contributed by atoms with van der Waals surface area (Å²) in [6.45, 7) is 4.76. The minimum atomic E-state index is -0.364. The number of nitro groups is 1. The highest BCUT2D eigenvalue weighted by atomic mass is 16.6. The van der Waals surface area contributed by atoms with Gasteiger partial charge in [-0.2, -0.15) is 0 Å². The predicted octanol–water partition coefficient (Wildman–Crippen LogP) is 1.86. The molecule has 0 atom stereocenters. The van der Waals surface area contributed by atoms with Crippen LogP contribution in [-0.4, -0.2) is 42.7 Å². The molecule has 1 aromatic carbocycles. The minimum absolute atomic E-state index is 0.159. The molecule has 1 aliphatic heterocycles. The highest BCUT2D eigenvalue weighted by Crippen LogP contribution is 2.13. The number of nitro benzene ring substituents is 1. The van der Waals surface area contributed by atoms with E-state index in [0.29, 0.717) is 0 Å². The average Bonchev–Trinajstić information content (AvgIpc) is 2.40. The molecule has 0 N–H and O–H groups in total. The molecule has 0 aliphatic carbocycles. The molecular weight excluding hydrogens is 232 g/mol. The minimum Gasteiger partial charge on any atom is -0.379 e. The van der Waals surface area contributed by atoms with Crippen LogP contribution < -0.4 is 0 Å². The lowest BCUT2D eigenvalue weighted by Gasteiger charge is -2.26. The van der Waals surface area contributed by atoms with E-state index in [-0.39, 0.29) is 10.6 Å². The Labute approximate surface area is 107 Å². The molecule has 5 nitrogen and oxygen atoms in total. The Bertz CT molecular complexity index is 386. The summed E-state index contributed by atoms with van der Waals surface area (Å²) in [7, 11) is 0. The van der Waals surface area contributed by atoms with Crippen LogP contribution in [0.2, 0.25) is 0 Å². The van der Waals surface area contributed by atoms with Gasteiger partial charge in [0.2, 0.25) is 0 Å². The maximum absolute atomic E-state index is 10.5. The van der Waals surface area contributed by atoms with Crippen molar-refractivity contribution in [2.45, 2.75) is 12.8 Å². The van der Waals surface area contributed by atoms with Crippen molar-refractivity contribution in [2.24, 2.45) is 0 Å². The van der Waals surface area contributed by atoms with E-state index in [1.807, 2.05) is 12.1 Å². The van der Waals surface area contributed by atoms with Crippen molar-refractivity contribution in [3.05, 3.63) is 39.9 Å². The van der Waals surface area contributed by atoms with Crippen molar-refractivity contribution < 1.29 is 9.66 Å².